The first-order chi connectivity index (χ1) is 14.1. The van der Waals surface area contributed by atoms with Crippen molar-refractivity contribution in [2.75, 3.05) is 26.7 Å². The van der Waals surface area contributed by atoms with Gasteiger partial charge in [-0.1, -0.05) is 25.1 Å². The van der Waals surface area contributed by atoms with Crippen molar-refractivity contribution in [3.8, 4) is 0 Å². The van der Waals surface area contributed by atoms with E-state index in [0.29, 0.717) is 18.2 Å². The third-order valence-corrected chi connectivity index (χ3v) is 6.49. The summed E-state index contributed by atoms with van der Waals surface area (Å²) in [5.41, 5.74) is 6.88. The normalized spacial score (nSPS) is 16.5. The summed E-state index contributed by atoms with van der Waals surface area (Å²) in [7, 11) is 1.79. The monoisotopic (exact) mass is 541 g/mol. The van der Waals surface area contributed by atoms with Gasteiger partial charge in [0.2, 0.25) is 5.91 Å². The molecule has 0 spiro atoms. The van der Waals surface area contributed by atoms with Gasteiger partial charge in [-0.3, -0.25) is 14.7 Å². The molecule has 1 saturated heterocycles. The third-order valence-electron chi connectivity index (χ3n) is 5.52. The molecule has 1 fully saturated rings. The minimum atomic E-state index is -0.409. The van der Waals surface area contributed by atoms with E-state index in [1.54, 1.807) is 19.2 Å². The van der Waals surface area contributed by atoms with Gasteiger partial charge in [-0.05, 0) is 61.0 Å². The van der Waals surface area contributed by atoms with Crippen molar-refractivity contribution < 1.29 is 4.79 Å². The summed E-state index contributed by atoms with van der Waals surface area (Å²) < 4.78 is 0. The van der Waals surface area contributed by atoms with Crippen LogP contribution in [0.1, 0.15) is 46.6 Å². The van der Waals surface area contributed by atoms with Gasteiger partial charge in [-0.25, -0.2) is 0 Å². The zero-order valence-corrected chi connectivity index (χ0v) is 20.8. The number of likely N-dealkylation sites (tertiary alicyclic amines) is 1. The van der Waals surface area contributed by atoms with Gasteiger partial charge in [-0.15, -0.1) is 35.3 Å². The molecule has 1 aromatic heterocycles. The number of nitrogens with two attached hydrogens (primary N) is 1. The molecule has 0 saturated carbocycles. The van der Waals surface area contributed by atoms with Crippen LogP contribution in [0.2, 0.25) is 0 Å². The van der Waals surface area contributed by atoms with Crippen LogP contribution in [0.15, 0.2) is 46.8 Å². The van der Waals surface area contributed by atoms with Crippen LogP contribution in [-0.2, 0) is 6.54 Å². The lowest BCUT2D eigenvalue weighted by atomic mass is 9.97. The number of hydrogen-bond acceptors (Lipinski definition) is 4. The number of carbonyl (C=O) groups excluding carboxylic acids is 1. The second kappa shape index (κ2) is 12.3. The van der Waals surface area contributed by atoms with E-state index < -0.39 is 5.91 Å². The molecule has 2 heterocycles. The van der Waals surface area contributed by atoms with Crippen LogP contribution in [0, 0.1) is 5.92 Å². The van der Waals surface area contributed by atoms with Crippen molar-refractivity contribution in [3.05, 3.63) is 57.8 Å². The van der Waals surface area contributed by atoms with Gasteiger partial charge in [-0.2, -0.15) is 0 Å². The number of guanidine groups is 1. The van der Waals surface area contributed by atoms with Gasteiger partial charge in [0.1, 0.15) is 0 Å². The van der Waals surface area contributed by atoms with Gasteiger partial charge < -0.3 is 16.4 Å². The molecule has 30 heavy (non-hydrogen) atoms. The van der Waals surface area contributed by atoms with Crippen molar-refractivity contribution >= 4 is 47.2 Å². The lowest BCUT2D eigenvalue weighted by Gasteiger charge is -2.36. The fourth-order valence-electron chi connectivity index (χ4n) is 3.62. The number of rotatable bonds is 7. The predicted molar refractivity (Wildman–Crippen MR) is 136 cm³/mol. The van der Waals surface area contributed by atoms with E-state index in [-0.39, 0.29) is 24.0 Å². The Morgan fingerprint density at radius 2 is 1.93 bits per heavy atom. The van der Waals surface area contributed by atoms with Crippen LogP contribution in [-0.4, -0.2) is 43.4 Å². The highest BCUT2D eigenvalue weighted by molar-refractivity contribution is 14.0. The first-order valence-corrected chi connectivity index (χ1v) is 11.1. The number of thiophene rings is 1. The molecule has 1 atom stereocenters. The standard InChI is InChI=1S/C22H31N5OS.HI/c1-16-9-11-27(12-10-16)19(20-4-3-13-29-20)15-26-22(24-2)25-14-17-5-7-18(8-6-17)21(23)28;/h3-8,13,16,19H,9-12,14-15H2,1-2H3,(H2,23,28)(H2,24,25,26);1H. The van der Waals surface area contributed by atoms with Gasteiger partial charge in [0.05, 0.1) is 6.04 Å². The van der Waals surface area contributed by atoms with Crippen LogP contribution in [0.25, 0.3) is 0 Å². The molecule has 4 N–H and O–H groups in total. The van der Waals surface area contributed by atoms with E-state index in [0.717, 1.165) is 37.1 Å². The predicted octanol–water partition coefficient (Wildman–Crippen LogP) is 3.60. The Morgan fingerprint density at radius 3 is 2.50 bits per heavy atom. The average molecular weight is 542 g/mol. The minimum Gasteiger partial charge on any atom is -0.366 e. The maximum absolute atomic E-state index is 11.2. The Balaban J connectivity index is 0.00000320. The lowest BCUT2D eigenvalue weighted by molar-refractivity contribution is 0.100. The number of piperidine rings is 1. The molecule has 6 nitrogen and oxygen atoms in total. The van der Waals surface area contributed by atoms with E-state index in [4.69, 9.17) is 5.73 Å². The molecule has 1 amide bonds. The third kappa shape index (κ3) is 6.95. The summed E-state index contributed by atoms with van der Waals surface area (Å²) in [6, 6.07) is 12.0. The fraction of sp³-hybridized carbons (Fsp3) is 0.455. The number of carbonyl (C=O) groups is 1. The molecule has 3 rings (SSSR count). The Hall–Kier alpha value is -1.65. The summed E-state index contributed by atoms with van der Waals surface area (Å²) >= 11 is 1.82. The second-order valence-corrected chi connectivity index (χ2v) is 8.60. The van der Waals surface area contributed by atoms with E-state index in [9.17, 15) is 4.79 Å². The molecule has 1 aliphatic rings. The molecule has 0 radical (unpaired) electrons. The molecule has 164 valence electrons. The number of hydrogen-bond donors (Lipinski definition) is 3. The Labute approximate surface area is 200 Å². The summed E-state index contributed by atoms with van der Waals surface area (Å²) in [6.45, 7) is 6.07. The number of nitrogens with one attached hydrogen (secondary N) is 2. The minimum absolute atomic E-state index is 0. The van der Waals surface area contributed by atoms with Gasteiger partial charge >= 0.3 is 0 Å². The van der Waals surface area contributed by atoms with Crippen molar-refractivity contribution in [1.82, 2.24) is 15.5 Å². The van der Waals surface area contributed by atoms with Crippen LogP contribution >= 0.6 is 35.3 Å². The highest BCUT2D eigenvalue weighted by atomic mass is 127. The second-order valence-electron chi connectivity index (χ2n) is 7.62. The number of nitrogens with zero attached hydrogens (tertiary/aromatic N) is 2. The largest absolute Gasteiger partial charge is 0.366 e. The number of primary amides is 1. The van der Waals surface area contributed by atoms with Crippen LogP contribution in [0.4, 0.5) is 0 Å². The molecule has 0 bridgehead atoms. The quantitative estimate of drug-likeness (QED) is 0.284. The smallest absolute Gasteiger partial charge is 0.248 e. The lowest BCUT2D eigenvalue weighted by Crippen LogP contribution is -2.44. The molecule has 1 unspecified atom stereocenters. The molecule has 1 aliphatic heterocycles. The first kappa shape index (κ1) is 24.6. The van der Waals surface area contributed by atoms with E-state index in [1.165, 1.54) is 17.7 Å². The van der Waals surface area contributed by atoms with E-state index in [1.807, 2.05) is 23.5 Å². The molecular weight excluding hydrogens is 509 g/mol. The zero-order valence-electron chi connectivity index (χ0n) is 17.6. The molecule has 1 aromatic carbocycles. The van der Waals surface area contributed by atoms with Crippen molar-refractivity contribution in [2.45, 2.75) is 32.4 Å². The molecule has 0 aliphatic carbocycles. The maximum Gasteiger partial charge on any atom is 0.248 e. The summed E-state index contributed by atoms with van der Waals surface area (Å²) in [4.78, 5) is 19.5. The summed E-state index contributed by atoms with van der Waals surface area (Å²) in [5.74, 6) is 1.18. The highest BCUT2D eigenvalue weighted by Crippen LogP contribution is 2.29. The molecule has 8 heteroatoms. The van der Waals surface area contributed by atoms with Crippen molar-refractivity contribution in [1.29, 1.82) is 0 Å². The zero-order chi connectivity index (χ0) is 20.6. The number of benzene rings is 1. The topological polar surface area (TPSA) is 82.7 Å². The maximum atomic E-state index is 11.2. The Morgan fingerprint density at radius 1 is 1.23 bits per heavy atom. The Kier molecular flexibility index (Phi) is 10.1. The van der Waals surface area contributed by atoms with Gasteiger partial charge in [0, 0.05) is 30.6 Å². The Bertz CT molecular complexity index is 801. The number of aliphatic imine (C=N–C) groups is 1. The SMILES string of the molecule is CN=C(NCc1ccc(C(N)=O)cc1)NCC(c1cccs1)N1CCC(C)CC1.I. The number of amides is 1. The van der Waals surface area contributed by atoms with Crippen molar-refractivity contribution in [3.63, 3.8) is 0 Å². The van der Waals surface area contributed by atoms with Crippen LogP contribution in [0.3, 0.4) is 0 Å². The van der Waals surface area contributed by atoms with E-state index in [2.05, 4.69) is 45.0 Å². The first-order valence-electron chi connectivity index (χ1n) is 10.2. The fourth-order valence-corrected chi connectivity index (χ4v) is 4.48. The van der Waals surface area contributed by atoms with Crippen LogP contribution < -0.4 is 16.4 Å². The summed E-state index contributed by atoms with van der Waals surface area (Å²) in [6.07, 6.45) is 2.52. The van der Waals surface area contributed by atoms with Gasteiger partial charge in [0.15, 0.2) is 5.96 Å². The van der Waals surface area contributed by atoms with Gasteiger partial charge in [0.25, 0.3) is 0 Å². The average Bonchev–Trinajstić information content (AvgIpc) is 3.26. The summed E-state index contributed by atoms with van der Waals surface area (Å²) in [5, 5.41) is 9.00. The van der Waals surface area contributed by atoms with E-state index >= 15 is 0 Å². The highest BCUT2D eigenvalue weighted by Gasteiger charge is 2.25. The van der Waals surface area contributed by atoms with Crippen LogP contribution in [0.5, 0.6) is 0 Å². The van der Waals surface area contributed by atoms with Crippen molar-refractivity contribution in [2.24, 2.45) is 16.6 Å². The number of halogens is 1. The molecular formula is C22H32IN5OS. The molecule has 2 aromatic rings.